The zero-order chi connectivity index (χ0) is 9.84. The maximum Gasteiger partial charge on any atom is 0.239 e. The van der Waals surface area contributed by atoms with Gasteiger partial charge in [-0.25, -0.2) is 0 Å². The summed E-state index contributed by atoms with van der Waals surface area (Å²) in [5, 5.41) is 0. The lowest BCUT2D eigenvalue weighted by atomic mass is 9.98. The predicted octanol–water partition coefficient (Wildman–Crippen LogP) is 0.982. The van der Waals surface area contributed by atoms with Crippen molar-refractivity contribution < 1.29 is 4.79 Å². The predicted molar refractivity (Wildman–Crippen MR) is 53.2 cm³/mol. The van der Waals surface area contributed by atoms with Gasteiger partial charge in [-0.1, -0.05) is 13.8 Å². The number of carbonyl (C=O) groups excluding carboxylic acids is 1. The molecule has 0 aromatic rings. The molecule has 0 radical (unpaired) electrons. The number of piperidine rings is 1. The zero-order valence-electron chi connectivity index (χ0n) is 8.62. The minimum atomic E-state index is -0.284. The molecule has 1 unspecified atom stereocenters. The second-order valence-corrected chi connectivity index (χ2v) is 4.02. The Morgan fingerprint density at radius 1 is 1.54 bits per heavy atom. The summed E-state index contributed by atoms with van der Waals surface area (Å²) in [6.07, 6.45) is 3.00. The Morgan fingerprint density at radius 3 is 2.54 bits per heavy atom. The number of nitrogens with zero attached hydrogens (tertiary/aromatic N) is 1. The Balaban J connectivity index is 2.40. The molecule has 0 aromatic heterocycles. The molecule has 3 heteroatoms. The van der Waals surface area contributed by atoms with Crippen LogP contribution in [-0.2, 0) is 4.79 Å². The van der Waals surface area contributed by atoms with Crippen molar-refractivity contribution in [2.75, 3.05) is 13.1 Å². The molecule has 1 rings (SSSR count). The summed E-state index contributed by atoms with van der Waals surface area (Å²) in [5.74, 6) is 0.899. The van der Waals surface area contributed by atoms with E-state index in [2.05, 4.69) is 6.92 Å². The van der Waals surface area contributed by atoms with Crippen molar-refractivity contribution in [1.29, 1.82) is 0 Å². The molecule has 1 fully saturated rings. The van der Waals surface area contributed by atoms with Crippen LogP contribution in [0.5, 0.6) is 0 Å². The number of nitrogens with two attached hydrogens (primary N) is 1. The van der Waals surface area contributed by atoms with Crippen molar-refractivity contribution in [3.05, 3.63) is 0 Å². The van der Waals surface area contributed by atoms with E-state index in [1.165, 1.54) is 0 Å². The average molecular weight is 184 g/mol. The second kappa shape index (κ2) is 4.61. The normalized spacial score (nSPS) is 21.6. The minimum absolute atomic E-state index is 0.134. The Kier molecular flexibility index (Phi) is 3.72. The van der Waals surface area contributed by atoms with E-state index in [-0.39, 0.29) is 11.9 Å². The van der Waals surface area contributed by atoms with Crippen molar-refractivity contribution in [2.24, 2.45) is 11.7 Å². The van der Waals surface area contributed by atoms with Crippen molar-refractivity contribution in [3.63, 3.8) is 0 Å². The first-order valence-electron chi connectivity index (χ1n) is 5.19. The van der Waals surface area contributed by atoms with Gasteiger partial charge in [0.2, 0.25) is 5.91 Å². The molecule has 76 valence electrons. The van der Waals surface area contributed by atoms with Crippen molar-refractivity contribution in [2.45, 2.75) is 39.2 Å². The third kappa shape index (κ3) is 2.69. The molecule has 0 saturated carbocycles. The number of hydrogen-bond acceptors (Lipinski definition) is 2. The van der Waals surface area contributed by atoms with Crippen molar-refractivity contribution in [3.8, 4) is 0 Å². The summed E-state index contributed by atoms with van der Waals surface area (Å²) in [7, 11) is 0. The van der Waals surface area contributed by atoms with E-state index >= 15 is 0 Å². The molecular weight excluding hydrogens is 164 g/mol. The highest BCUT2D eigenvalue weighted by atomic mass is 16.2. The van der Waals surface area contributed by atoms with Gasteiger partial charge in [0.05, 0.1) is 6.04 Å². The molecule has 0 bridgehead atoms. The Hall–Kier alpha value is -0.570. The van der Waals surface area contributed by atoms with Gasteiger partial charge in [0.15, 0.2) is 0 Å². The Morgan fingerprint density at radius 2 is 2.08 bits per heavy atom. The van der Waals surface area contributed by atoms with Gasteiger partial charge in [0.25, 0.3) is 0 Å². The monoisotopic (exact) mass is 184 g/mol. The van der Waals surface area contributed by atoms with E-state index < -0.39 is 0 Å². The molecule has 13 heavy (non-hydrogen) atoms. The van der Waals surface area contributed by atoms with Crippen LogP contribution in [0.25, 0.3) is 0 Å². The first-order chi connectivity index (χ1) is 6.15. The van der Waals surface area contributed by atoms with Crippen LogP contribution in [-0.4, -0.2) is 29.9 Å². The highest BCUT2D eigenvalue weighted by Gasteiger charge is 2.23. The third-order valence-electron chi connectivity index (χ3n) is 2.85. The molecule has 1 heterocycles. The van der Waals surface area contributed by atoms with Crippen molar-refractivity contribution in [1.82, 2.24) is 4.90 Å². The molecule has 2 N–H and O–H groups in total. The molecule has 1 aliphatic heterocycles. The topological polar surface area (TPSA) is 46.3 Å². The van der Waals surface area contributed by atoms with Gasteiger partial charge < -0.3 is 10.6 Å². The number of amides is 1. The average Bonchev–Trinajstić information content (AvgIpc) is 2.17. The van der Waals surface area contributed by atoms with Gasteiger partial charge in [-0.2, -0.15) is 0 Å². The van der Waals surface area contributed by atoms with Crippen molar-refractivity contribution >= 4 is 5.91 Å². The lowest BCUT2D eigenvalue weighted by Crippen LogP contribution is -2.46. The van der Waals surface area contributed by atoms with Gasteiger partial charge in [-0.05, 0) is 25.2 Å². The summed E-state index contributed by atoms with van der Waals surface area (Å²) in [4.78, 5) is 13.5. The molecule has 1 atom stereocenters. The van der Waals surface area contributed by atoms with Crippen LogP contribution in [0.3, 0.4) is 0 Å². The molecule has 1 aliphatic rings. The van der Waals surface area contributed by atoms with E-state index in [4.69, 9.17) is 5.73 Å². The zero-order valence-corrected chi connectivity index (χ0v) is 8.62. The maximum atomic E-state index is 11.6. The quantitative estimate of drug-likeness (QED) is 0.695. The van der Waals surface area contributed by atoms with Gasteiger partial charge in [0.1, 0.15) is 0 Å². The largest absolute Gasteiger partial charge is 0.341 e. The van der Waals surface area contributed by atoms with Crippen LogP contribution in [0, 0.1) is 5.92 Å². The van der Waals surface area contributed by atoms with Gasteiger partial charge in [-0.15, -0.1) is 0 Å². The summed E-state index contributed by atoms with van der Waals surface area (Å²) >= 11 is 0. The van der Waals surface area contributed by atoms with Crippen LogP contribution in [0.1, 0.15) is 33.1 Å². The molecule has 3 nitrogen and oxygen atoms in total. The van der Waals surface area contributed by atoms with Crippen LogP contribution in [0.2, 0.25) is 0 Å². The summed E-state index contributed by atoms with van der Waals surface area (Å²) in [6.45, 7) is 5.98. The number of rotatable bonds is 2. The Labute approximate surface area is 80.3 Å². The van der Waals surface area contributed by atoms with Gasteiger partial charge in [0, 0.05) is 13.1 Å². The van der Waals surface area contributed by atoms with E-state index in [9.17, 15) is 4.79 Å². The fourth-order valence-electron chi connectivity index (χ4n) is 1.64. The fourth-order valence-corrected chi connectivity index (χ4v) is 1.64. The van der Waals surface area contributed by atoms with Crippen LogP contribution < -0.4 is 5.73 Å². The number of carbonyl (C=O) groups is 1. The number of likely N-dealkylation sites (tertiary alicyclic amines) is 1. The SMILES string of the molecule is CCC(N)C(=O)N1CCC(C)CC1. The molecule has 0 spiro atoms. The van der Waals surface area contributed by atoms with Gasteiger partial charge in [-0.3, -0.25) is 4.79 Å². The molecule has 1 saturated heterocycles. The van der Waals surface area contributed by atoms with Crippen LogP contribution >= 0.6 is 0 Å². The van der Waals surface area contributed by atoms with E-state index in [0.717, 1.165) is 38.3 Å². The summed E-state index contributed by atoms with van der Waals surface area (Å²) in [5.41, 5.74) is 5.69. The van der Waals surface area contributed by atoms with Crippen LogP contribution in [0.15, 0.2) is 0 Å². The highest BCUT2D eigenvalue weighted by molar-refractivity contribution is 5.81. The van der Waals surface area contributed by atoms with Gasteiger partial charge >= 0.3 is 0 Å². The molecule has 1 amide bonds. The standard InChI is InChI=1S/C10H20N2O/c1-3-9(11)10(13)12-6-4-8(2)5-7-12/h8-9H,3-7,11H2,1-2H3. The highest BCUT2D eigenvalue weighted by Crippen LogP contribution is 2.16. The summed E-state index contributed by atoms with van der Waals surface area (Å²) < 4.78 is 0. The second-order valence-electron chi connectivity index (χ2n) is 4.02. The first kappa shape index (κ1) is 10.5. The molecule has 0 aliphatic carbocycles. The van der Waals surface area contributed by atoms with E-state index in [1.807, 2.05) is 11.8 Å². The molecule has 0 aromatic carbocycles. The third-order valence-corrected chi connectivity index (χ3v) is 2.85. The summed E-state index contributed by atoms with van der Waals surface area (Å²) in [6, 6.07) is -0.284. The lowest BCUT2D eigenvalue weighted by Gasteiger charge is -2.31. The van der Waals surface area contributed by atoms with E-state index in [1.54, 1.807) is 0 Å². The maximum absolute atomic E-state index is 11.6. The number of hydrogen-bond donors (Lipinski definition) is 1. The van der Waals surface area contributed by atoms with E-state index in [0.29, 0.717) is 0 Å². The lowest BCUT2D eigenvalue weighted by molar-refractivity contribution is -0.133. The fraction of sp³-hybridized carbons (Fsp3) is 0.900. The molecular formula is C10H20N2O. The Bertz CT molecular complexity index is 174. The smallest absolute Gasteiger partial charge is 0.239 e. The first-order valence-corrected chi connectivity index (χ1v) is 5.19. The minimum Gasteiger partial charge on any atom is -0.341 e. The van der Waals surface area contributed by atoms with Crippen LogP contribution in [0.4, 0.5) is 0 Å².